The van der Waals surface area contributed by atoms with E-state index in [0.717, 1.165) is 12.8 Å². The molecule has 0 radical (unpaired) electrons. The summed E-state index contributed by atoms with van der Waals surface area (Å²) in [6, 6.07) is 0.369. The zero-order valence-corrected chi connectivity index (χ0v) is 13.6. The molecule has 0 bridgehead atoms. The summed E-state index contributed by atoms with van der Waals surface area (Å²) in [6.45, 7) is 0.814. The van der Waals surface area contributed by atoms with Crippen LogP contribution in [0.15, 0.2) is 12.4 Å². The molecule has 2 atom stereocenters. The molecule has 1 spiro atoms. The van der Waals surface area contributed by atoms with Crippen LogP contribution < -0.4 is 5.32 Å². The molecule has 2 saturated heterocycles. The highest BCUT2D eigenvalue weighted by Gasteiger charge is 2.60. The standard InChI is InChI=1S/C16H19ClN4O2/c17-14-11(18-5-6-19-14)8-20-15(23)10-1-2-12-16(3-4-16)7-13(22)21(12)9-10/h5-6,10,12H,1-4,7-9H2,(H,20,23). The Morgan fingerprint density at radius 2 is 2.13 bits per heavy atom. The SMILES string of the molecule is O=C(NCc1nccnc1Cl)C1CCC2N(C1)C(=O)CC21CC1. The third-order valence-electron chi connectivity index (χ3n) is 5.53. The Morgan fingerprint density at radius 3 is 2.87 bits per heavy atom. The van der Waals surface area contributed by atoms with Gasteiger partial charge in [-0.1, -0.05) is 11.6 Å². The topological polar surface area (TPSA) is 75.2 Å². The number of nitrogens with zero attached hydrogens (tertiary/aromatic N) is 3. The second-order valence-electron chi connectivity index (χ2n) is 6.89. The van der Waals surface area contributed by atoms with Gasteiger partial charge < -0.3 is 10.2 Å². The van der Waals surface area contributed by atoms with Crippen LogP contribution in [0.4, 0.5) is 0 Å². The van der Waals surface area contributed by atoms with E-state index in [2.05, 4.69) is 15.3 Å². The van der Waals surface area contributed by atoms with Crippen LogP contribution in [0, 0.1) is 11.3 Å². The van der Waals surface area contributed by atoms with E-state index < -0.39 is 0 Å². The van der Waals surface area contributed by atoms with Crippen molar-refractivity contribution in [3.63, 3.8) is 0 Å². The predicted molar refractivity (Wildman–Crippen MR) is 83.4 cm³/mol. The van der Waals surface area contributed by atoms with Crippen LogP contribution >= 0.6 is 11.6 Å². The molecule has 1 saturated carbocycles. The summed E-state index contributed by atoms with van der Waals surface area (Å²) in [5.74, 6) is 0.0521. The second kappa shape index (κ2) is 5.44. The fourth-order valence-electron chi connectivity index (χ4n) is 4.07. The predicted octanol–water partition coefficient (Wildman–Crippen LogP) is 1.54. The van der Waals surface area contributed by atoms with Crippen molar-refractivity contribution in [1.29, 1.82) is 0 Å². The average Bonchev–Trinajstić information content (AvgIpc) is 3.27. The Balaban J connectivity index is 1.37. The third-order valence-corrected chi connectivity index (χ3v) is 5.84. The fraction of sp³-hybridized carbons (Fsp3) is 0.625. The van der Waals surface area contributed by atoms with Crippen molar-refractivity contribution >= 4 is 23.4 Å². The highest BCUT2D eigenvalue weighted by molar-refractivity contribution is 6.29. The molecule has 3 fully saturated rings. The maximum Gasteiger partial charge on any atom is 0.225 e. The van der Waals surface area contributed by atoms with Crippen LogP contribution in [0.2, 0.25) is 5.15 Å². The Kier molecular flexibility index (Phi) is 3.52. The number of aromatic nitrogens is 2. The zero-order chi connectivity index (χ0) is 16.0. The highest BCUT2D eigenvalue weighted by atomic mass is 35.5. The molecule has 23 heavy (non-hydrogen) atoms. The largest absolute Gasteiger partial charge is 0.350 e. The Labute approximate surface area is 139 Å². The lowest BCUT2D eigenvalue weighted by atomic mass is 9.86. The number of nitrogens with one attached hydrogen (secondary N) is 1. The first-order chi connectivity index (χ1) is 11.1. The third kappa shape index (κ3) is 2.59. The minimum atomic E-state index is -0.139. The zero-order valence-electron chi connectivity index (χ0n) is 12.8. The maximum absolute atomic E-state index is 12.4. The normalized spacial score (nSPS) is 27.9. The fourth-order valence-corrected chi connectivity index (χ4v) is 4.24. The quantitative estimate of drug-likeness (QED) is 0.909. The van der Waals surface area contributed by atoms with Gasteiger partial charge in [0.25, 0.3) is 0 Å². The van der Waals surface area contributed by atoms with Gasteiger partial charge in [0, 0.05) is 31.4 Å². The number of fused-ring (bicyclic) bond motifs is 2. The molecule has 1 aliphatic carbocycles. The van der Waals surface area contributed by atoms with E-state index in [-0.39, 0.29) is 29.7 Å². The first kappa shape index (κ1) is 14.9. The van der Waals surface area contributed by atoms with Crippen molar-refractivity contribution in [3.8, 4) is 0 Å². The van der Waals surface area contributed by atoms with E-state index in [1.54, 1.807) is 6.20 Å². The molecule has 7 heteroatoms. The molecule has 2 unspecified atom stereocenters. The monoisotopic (exact) mass is 334 g/mol. The molecule has 1 N–H and O–H groups in total. The van der Waals surface area contributed by atoms with Crippen LogP contribution in [-0.4, -0.2) is 39.3 Å². The van der Waals surface area contributed by atoms with E-state index in [0.29, 0.717) is 29.9 Å². The van der Waals surface area contributed by atoms with Gasteiger partial charge in [-0.2, -0.15) is 0 Å². The van der Waals surface area contributed by atoms with Gasteiger partial charge in [0.2, 0.25) is 11.8 Å². The lowest BCUT2D eigenvalue weighted by molar-refractivity contribution is -0.134. The molecule has 0 aromatic carbocycles. The highest BCUT2D eigenvalue weighted by Crippen LogP contribution is 2.59. The maximum atomic E-state index is 12.4. The summed E-state index contributed by atoms with van der Waals surface area (Å²) in [7, 11) is 0. The summed E-state index contributed by atoms with van der Waals surface area (Å²) < 4.78 is 0. The molecular weight excluding hydrogens is 316 g/mol. The van der Waals surface area contributed by atoms with Crippen LogP contribution in [-0.2, 0) is 16.1 Å². The van der Waals surface area contributed by atoms with Gasteiger partial charge in [0.1, 0.15) is 0 Å². The minimum absolute atomic E-state index is 0.0327. The number of piperidine rings is 1. The van der Waals surface area contributed by atoms with Gasteiger partial charge in [0.05, 0.1) is 18.2 Å². The van der Waals surface area contributed by atoms with E-state index in [9.17, 15) is 9.59 Å². The molecular formula is C16H19ClN4O2. The summed E-state index contributed by atoms with van der Waals surface area (Å²) in [5.41, 5.74) is 0.816. The Bertz CT molecular complexity index is 661. The molecule has 1 aromatic rings. The number of hydrogen-bond acceptors (Lipinski definition) is 4. The van der Waals surface area contributed by atoms with Gasteiger partial charge in [-0.3, -0.25) is 14.6 Å². The molecule has 3 heterocycles. The minimum Gasteiger partial charge on any atom is -0.350 e. The smallest absolute Gasteiger partial charge is 0.225 e. The van der Waals surface area contributed by atoms with E-state index in [4.69, 9.17) is 11.6 Å². The molecule has 6 nitrogen and oxygen atoms in total. The summed E-state index contributed by atoms with van der Waals surface area (Å²) in [6.07, 6.45) is 7.87. The average molecular weight is 335 g/mol. The van der Waals surface area contributed by atoms with Gasteiger partial charge in [0.15, 0.2) is 5.15 Å². The van der Waals surface area contributed by atoms with Gasteiger partial charge >= 0.3 is 0 Å². The number of hydrogen-bond donors (Lipinski definition) is 1. The molecule has 2 amide bonds. The van der Waals surface area contributed by atoms with Crippen LogP contribution in [0.3, 0.4) is 0 Å². The van der Waals surface area contributed by atoms with Crippen molar-refractivity contribution in [2.75, 3.05) is 6.54 Å². The first-order valence-corrected chi connectivity index (χ1v) is 8.49. The van der Waals surface area contributed by atoms with Gasteiger partial charge in [-0.25, -0.2) is 4.98 Å². The lowest BCUT2D eigenvalue weighted by Gasteiger charge is -2.36. The summed E-state index contributed by atoms with van der Waals surface area (Å²) >= 11 is 5.95. The molecule has 3 aliphatic rings. The first-order valence-electron chi connectivity index (χ1n) is 8.12. The van der Waals surface area contributed by atoms with Crippen LogP contribution in [0.25, 0.3) is 0 Å². The van der Waals surface area contributed by atoms with Crippen LogP contribution in [0.5, 0.6) is 0 Å². The number of carbonyl (C=O) groups is 2. The molecule has 2 aliphatic heterocycles. The number of rotatable bonds is 3. The molecule has 1 aromatic heterocycles. The van der Waals surface area contributed by atoms with E-state index >= 15 is 0 Å². The van der Waals surface area contributed by atoms with Crippen LogP contribution in [0.1, 0.15) is 37.8 Å². The van der Waals surface area contributed by atoms with Crippen molar-refractivity contribution in [3.05, 3.63) is 23.2 Å². The molecule has 122 valence electrons. The number of carbonyl (C=O) groups excluding carboxylic acids is 2. The van der Waals surface area contributed by atoms with Gasteiger partial charge in [-0.05, 0) is 31.1 Å². The Morgan fingerprint density at radius 1 is 1.35 bits per heavy atom. The number of halogens is 1. The van der Waals surface area contributed by atoms with Crippen molar-refractivity contribution in [1.82, 2.24) is 20.2 Å². The van der Waals surface area contributed by atoms with Gasteiger partial charge in [-0.15, -0.1) is 0 Å². The second-order valence-corrected chi connectivity index (χ2v) is 7.24. The molecule has 4 rings (SSSR count). The van der Waals surface area contributed by atoms with E-state index in [1.807, 2.05) is 4.90 Å². The van der Waals surface area contributed by atoms with Crippen molar-refractivity contribution in [2.24, 2.45) is 11.3 Å². The Hall–Kier alpha value is -1.69. The van der Waals surface area contributed by atoms with Crippen molar-refractivity contribution in [2.45, 2.75) is 44.7 Å². The van der Waals surface area contributed by atoms with Crippen molar-refractivity contribution < 1.29 is 9.59 Å². The van der Waals surface area contributed by atoms with E-state index in [1.165, 1.54) is 19.0 Å². The summed E-state index contributed by atoms with van der Waals surface area (Å²) in [5, 5.41) is 3.18. The lowest BCUT2D eigenvalue weighted by Crippen LogP contribution is -2.48. The number of amides is 2. The summed E-state index contributed by atoms with van der Waals surface area (Å²) in [4.78, 5) is 34.6.